The second kappa shape index (κ2) is 21.9. The van der Waals surface area contributed by atoms with Crippen molar-refractivity contribution in [3.63, 3.8) is 0 Å². The average Bonchev–Trinajstić information content (AvgIpc) is 4.22. The van der Waals surface area contributed by atoms with Crippen LogP contribution < -0.4 is 48.5 Å². The van der Waals surface area contributed by atoms with Crippen LogP contribution in [0.15, 0.2) is 134 Å². The zero-order chi connectivity index (χ0) is 47.7. The van der Waals surface area contributed by atoms with Gasteiger partial charge < -0.3 is 10.1 Å². The molecule has 0 radical (unpaired) electrons. The molecule has 6 aromatic carbocycles. The van der Waals surface area contributed by atoms with Crippen LogP contribution in [0.5, 0.6) is 5.75 Å². The minimum absolute atomic E-state index is 0.00150. The molecule has 11 N–H and O–H groups in total. The summed E-state index contributed by atoms with van der Waals surface area (Å²) in [6.07, 6.45) is 8.15. The van der Waals surface area contributed by atoms with E-state index in [-0.39, 0.29) is 41.6 Å². The van der Waals surface area contributed by atoms with E-state index >= 15 is 0 Å². The van der Waals surface area contributed by atoms with Gasteiger partial charge in [-0.15, -0.1) is 0 Å². The van der Waals surface area contributed by atoms with Crippen LogP contribution in [0.2, 0.25) is 0 Å². The number of carbonyl (C=O) groups is 3. The highest BCUT2D eigenvalue weighted by molar-refractivity contribution is 6.07. The van der Waals surface area contributed by atoms with Crippen molar-refractivity contribution in [2.24, 2.45) is 0 Å². The molecule has 0 spiro atoms. The Hall–Kier alpha value is -7.02. The number of carbonyl (C=O) groups excluding carboxylic acids is 3. The fourth-order valence-corrected chi connectivity index (χ4v) is 8.93. The second-order valence-electron chi connectivity index (χ2n) is 17.6. The summed E-state index contributed by atoms with van der Waals surface area (Å²) in [7, 11) is 0. The lowest BCUT2D eigenvalue weighted by Gasteiger charge is -2.12. The van der Waals surface area contributed by atoms with E-state index in [1.807, 2.05) is 92.7 Å². The van der Waals surface area contributed by atoms with E-state index in [0.29, 0.717) is 43.7 Å². The van der Waals surface area contributed by atoms with Crippen molar-refractivity contribution in [3.8, 4) is 5.75 Å². The van der Waals surface area contributed by atoms with Gasteiger partial charge in [0, 0.05) is 36.0 Å². The lowest BCUT2D eigenvalue weighted by Crippen LogP contribution is -2.25. The number of phenols is 1. The van der Waals surface area contributed by atoms with E-state index < -0.39 is 0 Å². The molecule has 3 unspecified atom stereocenters. The van der Waals surface area contributed by atoms with E-state index in [1.165, 1.54) is 17.2 Å². The van der Waals surface area contributed by atoms with Gasteiger partial charge >= 0.3 is 0 Å². The fourth-order valence-electron chi connectivity index (χ4n) is 8.93. The van der Waals surface area contributed by atoms with Crippen LogP contribution >= 0.6 is 0 Å². The number of phenolic OH excluding ortho intramolecular Hbond substituents is 1. The molecule has 0 bridgehead atoms. The van der Waals surface area contributed by atoms with Crippen molar-refractivity contribution < 1.29 is 19.5 Å². The fraction of sp³-hybridized carbons (Fsp3) is 0.222. The van der Waals surface area contributed by atoms with Crippen LogP contribution in [0, 0.1) is 13.8 Å². The maximum Gasteiger partial charge on any atom is 0.169 e. The minimum atomic E-state index is 0.00150. The second-order valence-corrected chi connectivity index (χ2v) is 17.6. The monoisotopic (exact) mass is 923 g/mol. The molecule has 1 aliphatic carbocycles. The van der Waals surface area contributed by atoms with Crippen molar-refractivity contribution in [1.29, 1.82) is 0 Å². The first kappa shape index (κ1) is 47.1. The van der Waals surface area contributed by atoms with Crippen LogP contribution in [-0.4, -0.2) is 52.4 Å². The Morgan fingerprint density at radius 3 is 1.65 bits per heavy atom. The molecule has 3 aliphatic heterocycles. The number of hydrazine groups is 3. The summed E-state index contributed by atoms with van der Waals surface area (Å²) in [4.78, 5) is 45.2. The standard InChI is InChI=1S/C19H19N3O.C18H19N5O.C17H19N3O2/c23-18(16-8-7-14-4-2-5-15(14)11-16)10-13-3-1-6-17(9-13)19-20-12-21-22-19;1-11-5-14(17-15(6-11)19-9-20-17)16(24)8-12-3-2-4-13(7-12)18-21-10-22-23-18;1-11-5-14(9-15(21)6-11)16(22)8-12-3-2-4-13(7-12)17-18-10-19-20-17/h1-3,5-9,11,19-22H,4,10,12H2;2-7,9,18,21-23H,8,10H2,1H3,(H,19,20);2-7,9,17-21H,8,10H2,1H3. The van der Waals surface area contributed by atoms with Gasteiger partial charge in [-0.05, 0) is 112 Å². The minimum Gasteiger partial charge on any atom is -0.508 e. The van der Waals surface area contributed by atoms with Crippen molar-refractivity contribution in [2.75, 3.05) is 20.0 Å². The van der Waals surface area contributed by atoms with Crippen LogP contribution in [0.1, 0.15) is 105 Å². The number of hydrogen-bond acceptors (Lipinski definition) is 14. The Morgan fingerprint density at radius 1 is 0.580 bits per heavy atom. The number of allylic oxidation sites excluding steroid dienone is 1. The lowest BCUT2D eigenvalue weighted by atomic mass is 9.98. The predicted molar refractivity (Wildman–Crippen MR) is 267 cm³/mol. The topological polar surface area (TPSA) is 208 Å². The number of Topliss-reactive ketones (excluding diaryl/α,β-unsaturated/α-hetero) is 3. The van der Waals surface area contributed by atoms with E-state index in [0.717, 1.165) is 74.2 Å². The Kier molecular flexibility index (Phi) is 15.0. The molecule has 3 fully saturated rings. The first-order valence-corrected chi connectivity index (χ1v) is 23.2. The van der Waals surface area contributed by atoms with E-state index in [4.69, 9.17) is 0 Å². The molecule has 15 nitrogen and oxygen atoms in total. The van der Waals surface area contributed by atoms with Gasteiger partial charge in [0.05, 0.1) is 55.9 Å². The third-order valence-electron chi connectivity index (χ3n) is 12.3. The smallest absolute Gasteiger partial charge is 0.169 e. The van der Waals surface area contributed by atoms with Crippen LogP contribution in [0.4, 0.5) is 0 Å². The summed E-state index contributed by atoms with van der Waals surface area (Å²) in [6, 6.07) is 39.1. The van der Waals surface area contributed by atoms with E-state index in [9.17, 15) is 19.5 Å². The quantitative estimate of drug-likeness (QED) is 0.0630. The average molecular weight is 924 g/mol. The zero-order valence-corrected chi connectivity index (χ0v) is 38.6. The molecule has 7 aromatic rings. The maximum atomic E-state index is 12.8. The van der Waals surface area contributed by atoms with Gasteiger partial charge in [-0.2, -0.15) is 0 Å². The van der Waals surface area contributed by atoms with E-state index in [1.54, 1.807) is 18.5 Å². The first-order chi connectivity index (χ1) is 33.6. The number of aromatic hydroxyl groups is 1. The van der Waals surface area contributed by atoms with Gasteiger partial charge in [0.2, 0.25) is 0 Å². The zero-order valence-electron chi connectivity index (χ0n) is 38.6. The van der Waals surface area contributed by atoms with Gasteiger partial charge in [-0.1, -0.05) is 97.1 Å². The molecule has 0 amide bonds. The number of aromatic amines is 1. The number of nitrogens with zero attached hydrogens (tertiary/aromatic N) is 1. The Bertz CT molecular complexity index is 2980. The molecular formula is C54H57N11O4. The summed E-state index contributed by atoms with van der Waals surface area (Å²) in [6.45, 7) is 6.00. The third kappa shape index (κ3) is 12.0. The van der Waals surface area contributed by atoms with Gasteiger partial charge in [0.1, 0.15) is 5.75 Å². The number of H-pyrrole nitrogens is 1. The van der Waals surface area contributed by atoms with Gasteiger partial charge in [0.25, 0.3) is 0 Å². The molecule has 352 valence electrons. The third-order valence-corrected chi connectivity index (χ3v) is 12.3. The SMILES string of the molecule is Cc1cc(C(=O)Cc2cccc(C3NCNN3)c2)c2nc[nH]c2c1.Cc1cc(O)cc(C(=O)Cc2cccc(C3NCNN3)c2)c1.O=C(Cc1cccc(C2NCNN2)c1)c1ccc2c(c1)C=CC2. The molecule has 3 saturated heterocycles. The van der Waals surface area contributed by atoms with Gasteiger partial charge in [-0.3, -0.25) is 30.3 Å². The molecule has 69 heavy (non-hydrogen) atoms. The van der Waals surface area contributed by atoms with Crippen molar-refractivity contribution >= 4 is 34.5 Å². The van der Waals surface area contributed by atoms with Gasteiger partial charge in [-0.25, -0.2) is 37.5 Å². The molecule has 0 saturated carbocycles. The number of aryl methyl sites for hydroxylation is 2. The predicted octanol–water partition coefficient (Wildman–Crippen LogP) is 6.06. The van der Waals surface area contributed by atoms with E-state index in [2.05, 4.69) is 94.9 Å². The number of ketones is 3. The van der Waals surface area contributed by atoms with Crippen molar-refractivity contribution in [2.45, 2.75) is 58.0 Å². The maximum absolute atomic E-state index is 12.8. The van der Waals surface area contributed by atoms with Crippen LogP contribution in [-0.2, 0) is 25.7 Å². The Morgan fingerprint density at radius 2 is 1.12 bits per heavy atom. The lowest BCUT2D eigenvalue weighted by molar-refractivity contribution is 0.0984. The number of benzene rings is 6. The summed E-state index contributed by atoms with van der Waals surface area (Å²) in [5.74, 6) is 0.373. The molecule has 15 heteroatoms. The highest BCUT2D eigenvalue weighted by Crippen LogP contribution is 2.24. The van der Waals surface area contributed by atoms with Crippen molar-refractivity contribution in [1.82, 2.24) is 58.5 Å². The molecule has 4 heterocycles. The molecule has 1 aromatic heterocycles. The van der Waals surface area contributed by atoms with Crippen LogP contribution in [0.3, 0.4) is 0 Å². The number of rotatable bonds is 12. The summed E-state index contributed by atoms with van der Waals surface area (Å²) in [5, 5.41) is 19.5. The van der Waals surface area contributed by atoms with Crippen LogP contribution in [0.25, 0.3) is 17.1 Å². The van der Waals surface area contributed by atoms with Crippen molar-refractivity contribution in [3.05, 3.63) is 206 Å². The molecular weight excluding hydrogens is 867 g/mol. The number of imidazole rings is 1. The number of nitrogens with one attached hydrogen (secondary N) is 10. The Labute approximate surface area is 400 Å². The summed E-state index contributed by atoms with van der Waals surface area (Å²) < 4.78 is 0. The normalized spacial score (nSPS) is 18.0. The number of hydrogen-bond donors (Lipinski definition) is 11. The summed E-state index contributed by atoms with van der Waals surface area (Å²) in [5.41, 5.74) is 32.9. The highest BCUT2D eigenvalue weighted by atomic mass is 16.3. The largest absolute Gasteiger partial charge is 0.508 e. The Balaban J connectivity index is 0.000000129. The molecule has 4 aliphatic rings. The number of aromatic nitrogens is 2. The summed E-state index contributed by atoms with van der Waals surface area (Å²) >= 11 is 0. The molecule has 11 rings (SSSR count). The first-order valence-electron chi connectivity index (χ1n) is 23.2. The molecule has 3 atom stereocenters. The van der Waals surface area contributed by atoms with Gasteiger partial charge in [0.15, 0.2) is 17.3 Å². The number of fused-ring (bicyclic) bond motifs is 2. The highest BCUT2D eigenvalue weighted by Gasteiger charge is 2.20.